The van der Waals surface area contributed by atoms with Gasteiger partial charge in [-0.1, -0.05) is 24.3 Å². The average Bonchev–Trinajstić information content (AvgIpc) is 3.58. The molecule has 0 radical (unpaired) electrons. The Morgan fingerprint density at radius 1 is 1.02 bits per heavy atom. The smallest absolute Gasteiger partial charge is 0.298 e. The van der Waals surface area contributed by atoms with Crippen LogP contribution >= 0.6 is 11.3 Å². The van der Waals surface area contributed by atoms with E-state index in [1.807, 2.05) is 42.5 Å². The molecular weight excluding hydrogens is 689 g/mol. The Kier molecular flexibility index (Phi) is 8.02. The van der Waals surface area contributed by atoms with Crippen LogP contribution in [0.25, 0.3) is 16.0 Å². The molecule has 52 heavy (non-hydrogen) atoms. The summed E-state index contributed by atoms with van der Waals surface area (Å²) in [5, 5.41) is 19.6. The third-order valence-corrected chi connectivity index (χ3v) is 11.4. The normalized spacial score (nSPS) is 20.8. The number of aliphatic hydroxyl groups is 1. The van der Waals surface area contributed by atoms with E-state index in [0.29, 0.717) is 47.6 Å². The van der Waals surface area contributed by atoms with Crippen molar-refractivity contribution in [3.05, 3.63) is 118 Å². The molecule has 1 saturated heterocycles. The molecule has 0 bridgehead atoms. The van der Waals surface area contributed by atoms with Crippen LogP contribution in [0.4, 0.5) is 26.0 Å². The number of nitrogens with zero attached hydrogens (tertiary/aromatic N) is 7. The number of benzene rings is 3. The summed E-state index contributed by atoms with van der Waals surface area (Å²) in [5.74, 6) is -0.0991. The molecule has 1 aliphatic carbocycles. The molecule has 4 atom stereocenters. The van der Waals surface area contributed by atoms with Gasteiger partial charge in [0.1, 0.15) is 47.1 Å². The number of thiophene rings is 1. The zero-order chi connectivity index (χ0) is 35.6. The van der Waals surface area contributed by atoms with Crippen LogP contribution in [0, 0.1) is 23.5 Å². The number of aromatic nitrogens is 5. The number of nitrogens with one attached hydrogen (secondary N) is 1. The predicted molar refractivity (Wildman–Crippen MR) is 193 cm³/mol. The number of rotatable bonds is 10. The third-order valence-electron chi connectivity index (χ3n) is 10.4. The Balaban J connectivity index is 0.905. The minimum absolute atomic E-state index is 0.0226. The Morgan fingerprint density at radius 3 is 2.62 bits per heavy atom. The topological polar surface area (TPSA) is 140 Å². The van der Waals surface area contributed by atoms with Crippen LogP contribution in [0.2, 0.25) is 0 Å². The highest BCUT2D eigenvalue weighted by Crippen LogP contribution is 2.47. The van der Waals surface area contributed by atoms with Gasteiger partial charge in [-0.15, -0.1) is 11.3 Å². The Morgan fingerprint density at radius 2 is 1.85 bits per heavy atom. The van der Waals surface area contributed by atoms with E-state index in [9.17, 15) is 18.7 Å². The molecule has 2 aliphatic heterocycles. The zero-order valence-electron chi connectivity index (χ0n) is 27.9. The number of nitrogen functional groups attached to an aromatic ring is 1. The van der Waals surface area contributed by atoms with Gasteiger partial charge in [0.2, 0.25) is 0 Å². The highest BCUT2D eigenvalue weighted by Gasteiger charge is 2.56. The minimum Gasteiger partial charge on any atom is -0.490 e. The quantitative estimate of drug-likeness (QED) is 0.190. The zero-order valence-corrected chi connectivity index (χ0v) is 28.7. The molecule has 3 aromatic carbocycles. The lowest BCUT2D eigenvalue weighted by Crippen LogP contribution is -2.45. The van der Waals surface area contributed by atoms with Crippen LogP contribution in [-0.4, -0.2) is 73.1 Å². The molecule has 0 amide bonds. The van der Waals surface area contributed by atoms with Crippen molar-refractivity contribution in [2.75, 3.05) is 43.4 Å². The molecule has 0 spiro atoms. The van der Waals surface area contributed by atoms with Crippen LogP contribution < -0.4 is 26.2 Å². The fourth-order valence-corrected chi connectivity index (χ4v) is 8.88. The first-order chi connectivity index (χ1) is 25.2. The molecule has 9 rings (SSSR count). The van der Waals surface area contributed by atoms with E-state index >= 15 is 0 Å². The number of para-hydroxylation sites is 1. The largest absolute Gasteiger partial charge is 0.490 e. The van der Waals surface area contributed by atoms with E-state index < -0.39 is 17.2 Å². The number of β-amino-alcohol motifs (C(OH)–C–C–N with tert-alkyl or cyclic N) is 1. The lowest BCUT2D eigenvalue weighted by atomic mass is 9.92. The number of anilines is 3. The van der Waals surface area contributed by atoms with Gasteiger partial charge in [0.15, 0.2) is 5.82 Å². The van der Waals surface area contributed by atoms with Gasteiger partial charge < -0.3 is 25.8 Å². The minimum atomic E-state index is -1.64. The van der Waals surface area contributed by atoms with E-state index in [1.165, 1.54) is 34.7 Å². The van der Waals surface area contributed by atoms with Crippen LogP contribution in [0.15, 0.2) is 90.2 Å². The maximum absolute atomic E-state index is 14.9. The fraction of sp³-hybridized carbons (Fsp3) is 0.297. The third kappa shape index (κ3) is 5.88. The molecule has 1 unspecified atom stereocenters. The van der Waals surface area contributed by atoms with Gasteiger partial charge >= 0.3 is 0 Å². The van der Waals surface area contributed by atoms with Crippen molar-refractivity contribution >= 4 is 38.9 Å². The highest BCUT2D eigenvalue weighted by atomic mass is 32.1. The SMILES string of the molecule is Nc1nc2sc(CNC3[C@H]4CN(C[C@@](O)(Cn5cncn5)c5ccc(F)cc5F)C[C@@H]34)cc2n(-c2ccc3c(c2)N(c2ccccc2)CCO3)c1=O. The number of halogens is 2. The van der Waals surface area contributed by atoms with E-state index in [2.05, 4.69) is 42.3 Å². The standard InChI is InChI=1S/C37H35F2N9O3S/c38-22-6-8-28(29(39)12-22)37(50,19-46-21-41-20-43-46)18-45-16-26-27(17-45)33(26)42-15-25-14-31-35(52-25)44-34(40)36(49)48(31)24-7-9-32-30(13-24)47(10-11-51-32)23-4-2-1-3-5-23/h1-9,12-14,20-21,26-27,33,42,50H,10-11,15-19H2,(H2,40,44)/t26-,27+,33?,37-/m1/s1. The molecule has 3 aromatic heterocycles. The number of likely N-dealkylation sites (tertiary alicyclic amines) is 1. The summed E-state index contributed by atoms with van der Waals surface area (Å²) in [5.41, 5.74) is 7.44. The number of hydrogen-bond donors (Lipinski definition) is 3. The van der Waals surface area contributed by atoms with Gasteiger partial charge in [0.25, 0.3) is 5.56 Å². The van der Waals surface area contributed by atoms with Crippen molar-refractivity contribution in [2.24, 2.45) is 11.8 Å². The van der Waals surface area contributed by atoms with E-state index in [4.69, 9.17) is 10.5 Å². The van der Waals surface area contributed by atoms with Crippen LogP contribution in [0.1, 0.15) is 10.4 Å². The summed E-state index contributed by atoms with van der Waals surface area (Å²) in [7, 11) is 0. The Bertz CT molecular complexity index is 2320. The summed E-state index contributed by atoms with van der Waals surface area (Å²) in [6.07, 6.45) is 2.82. The van der Waals surface area contributed by atoms with Gasteiger partial charge in [-0.25, -0.2) is 23.4 Å². The van der Waals surface area contributed by atoms with Crippen LogP contribution in [-0.2, 0) is 18.7 Å². The second kappa shape index (κ2) is 12.8. The first kappa shape index (κ1) is 32.7. The maximum atomic E-state index is 14.9. The van der Waals surface area contributed by atoms with Crippen molar-refractivity contribution < 1.29 is 18.6 Å². The fourth-order valence-electron chi connectivity index (χ4n) is 7.91. The highest BCUT2D eigenvalue weighted by molar-refractivity contribution is 7.18. The summed E-state index contributed by atoms with van der Waals surface area (Å²) < 4.78 is 37.7. The maximum Gasteiger partial charge on any atom is 0.298 e. The Labute approximate surface area is 300 Å². The molecule has 6 aromatic rings. The van der Waals surface area contributed by atoms with Crippen LogP contribution in [0.5, 0.6) is 5.75 Å². The lowest BCUT2D eigenvalue weighted by molar-refractivity contribution is -0.0193. The molecule has 1 saturated carbocycles. The van der Waals surface area contributed by atoms with Crippen molar-refractivity contribution in [3.8, 4) is 11.4 Å². The van der Waals surface area contributed by atoms with Crippen LogP contribution in [0.3, 0.4) is 0 Å². The average molecular weight is 724 g/mol. The molecule has 3 aliphatic rings. The second-order valence-corrected chi connectivity index (χ2v) is 14.8. The van der Waals surface area contributed by atoms with Crippen molar-refractivity contribution in [1.29, 1.82) is 0 Å². The van der Waals surface area contributed by atoms with Gasteiger partial charge in [-0.05, 0) is 54.3 Å². The molecule has 12 nitrogen and oxygen atoms in total. The lowest BCUT2D eigenvalue weighted by Gasteiger charge is -2.34. The summed E-state index contributed by atoms with van der Waals surface area (Å²) >= 11 is 1.50. The van der Waals surface area contributed by atoms with Gasteiger partial charge in [0, 0.05) is 54.4 Å². The second-order valence-electron chi connectivity index (χ2n) is 13.7. The summed E-state index contributed by atoms with van der Waals surface area (Å²) in [6.45, 7) is 3.39. The Hall–Kier alpha value is -5.22. The first-order valence-electron chi connectivity index (χ1n) is 17.1. The molecule has 15 heteroatoms. The first-order valence-corrected chi connectivity index (χ1v) is 17.9. The van der Waals surface area contributed by atoms with E-state index in [0.717, 1.165) is 47.2 Å². The van der Waals surface area contributed by atoms with E-state index in [1.54, 1.807) is 4.57 Å². The molecule has 266 valence electrons. The molecule has 4 N–H and O–H groups in total. The van der Waals surface area contributed by atoms with Gasteiger partial charge in [-0.3, -0.25) is 14.3 Å². The molecule has 2 fully saturated rings. The summed E-state index contributed by atoms with van der Waals surface area (Å²) in [6, 6.07) is 21.3. The van der Waals surface area contributed by atoms with Crippen molar-refractivity contribution in [3.63, 3.8) is 0 Å². The number of piperidine rings is 1. The number of fused-ring (bicyclic) bond motifs is 3. The van der Waals surface area contributed by atoms with Gasteiger partial charge in [0.05, 0.1) is 30.0 Å². The predicted octanol–water partition coefficient (Wildman–Crippen LogP) is 4.04. The van der Waals surface area contributed by atoms with Crippen molar-refractivity contribution in [2.45, 2.75) is 24.7 Å². The number of ether oxygens (including phenoxy) is 1. The van der Waals surface area contributed by atoms with E-state index in [-0.39, 0.29) is 36.1 Å². The number of hydrogen-bond acceptors (Lipinski definition) is 11. The molecular formula is C37H35F2N9O3S. The number of nitrogens with two attached hydrogens (primary N) is 1. The molecule has 5 heterocycles. The van der Waals surface area contributed by atoms with Crippen molar-refractivity contribution in [1.82, 2.24) is 34.5 Å². The van der Waals surface area contributed by atoms with Gasteiger partial charge in [-0.2, -0.15) is 5.10 Å². The monoisotopic (exact) mass is 723 g/mol. The summed E-state index contributed by atoms with van der Waals surface area (Å²) in [4.78, 5) is 27.9.